The smallest absolute Gasteiger partial charge is 0.130 e. The van der Waals surface area contributed by atoms with Crippen molar-refractivity contribution < 1.29 is 0 Å². The Hall–Kier alpha value is -2.08. The molecule has 2 heterocycles. The predicted octanol–water partition coefficient (Wildman–Crippen LogP) is 3.73. The summed E-state index contributed by atoms with van der Waals surface area (Å²) in [5.41, 5.74) is 2.05. The zero-order valence-electron chi connectivity index (χ0n) is 12.1. The molecule has 20 heavy (non-hydrogen) atoms. The Morgan fingerprint density at radius 2 is 1.90 bits per heavy atom. The number of rotatable bonds is 1. The van der Waals surface area contributed by atoms with Crippen molar-refractivity contribution in [2.75, 3.05) is 18.0 Å². The first-order chi connectivity index (χ1) is 9.59. The van der Waals surface area contributed by atoms with E-state index in [1.54, 1.807) is 0 Å². The molecule has 0 radical (unpaired) electrons. The summed E-state index contributed by atoms with van der Waals surface area (Å²) in [5.74, 6) is 0.941. The molecule has 0 unspecified atom stereocenters. The number of hydrogen-bond acceptors (Lipinski definition) is 3. The minimum Gasteiger partial charge on any atom is -0.357 e. The molecule has 0 spiro atoms. The number of nitrogens with zero attached hydrogens (tertiary/aromatic N) is 3. The van der Waals surface area contributed by atoms with Gasteiger partial charge >= 0.3 is 0 Å². The van der Waals surface area contributed by atoms with E-state index in [4.69, 9.17) is 4.98 Å². The number of nitriles is 1. The number of piperidine rings is 1. The molecule has 3 nitrogen and oxygen atoms in total. The molecule has 3 rings (SSSR count). The van der Waals surface area contributed by atoms with Crippen LogP contribution in [0.3, 0.4) is 0 Å². The van der Waals surface area contributed by atoms with Crippen LogP contribution in [0.5, 0.6) is 0 Å². The normalized spacial score (nSPS) is 17.9. The van der Waals surface area contributed by atoms with Crippen LogP contribution < -0.4 is 4.90 Å². The fourth-order valence-corrected chi connectivity index (χ4v) is 2.76. The molecule has 102 valence electrons. The van der Waals surface area contributed by atoms with Crippen molar-refractivity contribution in [3.8, 4) is 6.07 Å². The Labute approximate surface area is 119 Å². The van der Waals surface area contributed by atoms with Gasteiger partial charge in [-0.05, 0) is 30.4 Å². The molecule has 0 saturated carbocycles. The van der Waals surface area contributed by atoms with E-state index in [2.05, 4.69) is 24.8 Å². The Morgan fingerprint density at radius 1 is 1.20 bits per heavy atom. The Kier molecular flexibility index (Phi) is 3.10. The van der Waals surface area contributed by atoms with Gasteiger partial charge in [0.2, 0.25) is 0 Å². The molecule has 3 heteroatoms. The minimum atomic E-state index is 0.422. The summed E-state index contributed by atoms with van der Waals surface area (Å²) < 4.78 is 0. The van der Waals surface area contributed by atoms with Gasteiger partial charge in [0, 0.05) is 18.5 Å². The number of pyridine rings is 1. The second-order valence-corrected chi connectivity index (χ2v) is 6.31. The highest BCUT2D eigenvalue weighted by Crippen LogP contribution is 2.32. The highest BCUT2D eigenvalue weighted by Gasteiger charge is 2.26. The fraction of sp³-hybridized carbons (Fsp3) is 0.412. The lowest BCUT2D eigenvalue weighted by atomic mass is 9.83. The maximum atomic E-state index is 9.35. The average molecular weight is 265 g/mol. The van der Waals surface area contributed by atoms with Crippen LogP contribution in [-0.2, 0) is 0 Å². The predicted molar refractivity (Wildman–Crippen MR) is 81.7 cm³/mol. The highest BCUT2D eigenvalue weighted by molar-refractivity contribution is 5.86. The summed E-state index contributed by atoms with van der Waals surface area (Å²) >= 11 is 0. The molecule has 1 fully saturated rings. The second-order valence-electron chi connectivity index (χ2n) is 6.31. The van der Waals surface area contributed by atoms with E-state index < -0.39 is 0 Å². The first-order valence-electron chi connectivity index (χ1n) is 7.14. The quantitative estimate of drug-likeness (QED) is 0.788. The van der Waals surface area contributed by atoms with E-state index >= 15 is 0 Å². The van der Waals surface area contributed by atoms with Crippen molar-refractivity contribution in [3.05, 3.63) is 35.9 Å². The summed E-state index contributed by atoms with van der Waals surface area (Å²) in [6, 6.07) is 12.1. The average Bonchev–Trinajstić information content (AvgIpc) is 2.46. The van der Waals surface area contributed by atoms with Crippen LogP contribution in [0.2, 0.25) is 0 Å². The lowest BCUT2D eigenvalue weighted by Gasteiger charge is -2.37. The van der Waals surface area contributed by atoms with Crippen LogP contribution in [-0.4, -0.2) is 18.1 Å². The molecule has 1 aromatic carbocycles. The monoisotopic (exact) mass is 265 g/mol. The van der Waals surface area contributed by atoms with Gasteiger partial charge in [-0.1, -0.05) is 32.0 Å². The minimum absolute atomic E-state index is 0.422. The van der Waals surface area contributed by atoms with Gasteiger partial charge in [-0.15, -0.1) is 0 Å². The van der Waals surface area contributed by atoms with Gasteiger partial charge in [0.15, 0.2) is 0 Å². The van der Waals surface area contributed by atoms with Gasteiger partial charge in [0.05, 0.1) is 17.1 Å². The van der Waals surface area contributed by atoms with Crippen molar-refractivity contribution in [1.29, 1.82) is 5.26 Å². The Morgan fingerprint density at radius 3 is 2.60 bits per heavy atom. The van der Waals surface area contributed by atoms with Gasteiger partial charge in [0.25, 0.3) is 0 Å². The van der Waals surface area contributed by atoms with Crippen LogP contribution in [0, 0.1) is 16.7 Å². The molecule has 0 aliphatic carbocycles. The molecule has 2 aromatic rings. The number of aromatic nitrogens is 1. The van der Waals surface area contributed by atoms with E-state index in [9.17, 15) is 5.26 Å². The summed E-state index contributed by atoms with van der Waals surface area (Å²) in [6.45, 7) is 6.67. The molecule has 1 aliphatic rings. The van der Waals surface area contributed by atoms with Crippen LogP contribution in [0.4, 0.5) is 5.82 Å². The Balaban J connectivity index is 1.99. The number of hydrogen-bond donors (Lipinski definition) is 0. The van der Waals surface area contributed by atoms with E-state index in [0.29, 0.717) is 5.41 Å². The van der Waals surface area contributed by atoms with Crippen LogP contribution in [0.25, 0.3) is 10.9 Å². The molecule has 0 N–H and O–H groups in total. The SMILES string of the molecule is CC1(C)CCN(c2cc(C#N)c3ccccc3n2)CC1. The Bertz CT molecular complexity index is 672. The van der Waals surface area contributed by atoms with Crippen LogP contribution in [0.15, 0.2) is 30.3 Å². The first-order valence-corrected chi connectivity index (χ1v) is 7.14. The molecule has 0 atom stereocenters. The van der Waals surface area contributed by atoms with Crippen LogP contribution in [0.1, 0.15) is 32.3 Å². The van der Waals surface area contributed by atoms with Crippen molar-refractivity contribution in [3.63, 3.8) is 0 Å². The van der Waals surface area contributed by atoms with Crippen molar-refractivity contribution >= 4 is 16.7 Å². The third kappa shape index (κ3) is 2.34. The van der Waals surface area contributed by atoms with Gasteiger partial charge in [-0.25, -0.2) is 4.98 Å². The van der Waals surface area contributed by atoms with Gasteiger partial charge < -0.3 is 4.90 Å². The summed E-state index contributed by atoms with van der Waals surface area (Å²) in [4.78, 5) is 7.03. The summed E-state index contributed by atoms with van der Waals surface area (Å²) in [5, 5.41) is 10.3. The third-order valence-electron chi connectivity index (χ3n) is 4.26. The number of benzene rings is 1. The molecule has 0 bridgehead atoms. The summed E-state index contributed by atoms with van der Waals surface area (Å²) in [6.07, 6.45) is 2.34. The van der Waals surface area contributed by atoms with Gasteiger partial charge in [-0.3, -0.25) is 0 Å². The first kappa shape index (κ1) is 12.9. The lowest BCUT2D eigenvalue weighted by molar-refractivity contribution is 0.279. The lowest BCUT2D eigenvalue weighted by Crippen LogP contribution is -2.37. The number of anilines is 1. The standard InChI is InChI=1S/C17H19N3/c1-17(2)7-9-20(10-8-17)16-11-13(12-18)14-5-3-4-6-15(14)19-16/h3-6,11H,7-10H2,1-2H3. The zero-order valence-corrected chi connectivity index (χ0v) is 12.1. The van der Waals surface area contributed by atoms with E-state index in [1.165, 1.54) is 12.8 Å². The molecule has 1 aromatic heterocycles. The fourth-order valence-electron chi connectivity index (χ4n) is 2.76. The maximum Gasteiger partial charge on any atom is 0.130 e. The molecule has 0 amide bonds. The maximum absolute atomic E-state index is 9.35. The van der Waals surface area contributed by atoms with Crippen molar-refractivity contribution in [2.45, 2.75) is 26.7 Å². The zero-order chi connectivity index (χ0) is 14.2. The highest BCUT2D eigenvalue weighted by atomic mass is 15.2. The van der Waals surface area contributed by atoms with Crippen LogP contribution >= 0.6 is 0 Å². The topological polar surface area (TPSA) is 39.9 Å². The van der Waals surface area contributed by atoms with Crippen molar-refractivity contribution in [2.24, 2.45) is 5.41 Å². The van der Waals surface area contributed by atoms with E-state index in [1.807, 2.05) is 30.3 Å². The number of para-hydroxylation sites is 1. The molecular weight excluding hydrogens is 246 g/mol. The largest absolute Gasteiger partial charge is 0.357 e. The van der Waals surface area contributed by atoms with E-state index in [0.717, 1.165) is 35.4 Å². The molecule has 1 aliphatic heterocycles. The second kappa shape index (κ2) is 4.79. The number of fused-ring (bicyclic) bond motifs is 1. The molecular formula is C17H19N3. The van der Waals surface area contributed by atoms with Gasteiger partial charge in [-0.2, -0.15) is 5.26 Å². The van der Waals surface area contributed by atoms with Crippen molar-refractivity contribution in [1.82, 2.24) is 4.98 Å². The summed E-state index contributed by atoms with van der Waals surface area (Å²) in [7, 11) is 0. The van der Waals surface area contributed by atoms with E-state index in [-0.39, 0.29) is 0 Å². The third-order valence-corrected chi connectivity index (χ3v) is 4.26. The van der Waals surface area contributed by atoms with Gasteiger partial charge in [0.1, 0.15) is 5.82 Å². The molecule has 1 saturated heterocycles.